The molecule has 0 spiro atoms. The summed E-state index contributed by atoms with van der Waals surface area (Å²) in [6, 6.07) is 4.77. The third-order valence-electron chi connectivity index (χ3n) is 3.84. The molecule has 2 atom stereocenters. The molecule has 1 aliphatic rings. The molecule has 6 heteroatoms. The van der Waals surface area contributed by atoms with Crippen LogP contribution in [0.2, 0.25) is 0 Å². The van der Waals surface area contributed by atoms with Crippen LogP contribution in [0.5, 0.6) is 11.5 Å². The lowest BCUT2D eigenvalue weighted by Gasteiger charge is -2.26. The first kappa shape index (κ1) is 15.2. The van der Waals surface area contributed by atoms with Crippen LogP contribution in [-0.4, -0.2) is 42.6 Å². The quantitative estimate of drug-likeness (QED) is 0.894. The second-order valence-corrected chi connectivity index (χ2v) is 4.89. The van der Waals surface area contributed by atoms with E-state index in [1.54, 1.807) is 23.1 Å². The zero-order valence-electron chi connectivity index (χ0n) is 12.3. The number of ether oxygens (including phenoxy) is 2. The number of carboxylic acids is 1. The van der Waals surface area contributed by atoms with E-state index in [-0.39, 0.29) is 12.3 Å². The number of amides is 1. The van der Waals surface area contributed by atoms with Gasteiger partial charge in [-0.15, -0.1) is 0 Å². The normalized spacial score (nSPS) is 21.5. The van der Waals surface area contributed by atoms with Crippen molar-refractivity contribution < 1.29 is 24.2 Å². The van der Waals surface area contributed by atoms with Crippen LogP contribution in [-0.2, 0) is 9.59 Å². The molecule has 0 aromatic heterocycles. The second-order valence-electron chi connectivity index (χ2n) is 4.89. The number of carbonyl (C=O) groups is 2. The summed E-state index contributed by atoms with van der Waals surface area (Å²) in [7, 11) is 3.06. The van der Waals surface area contributed by atoms with Gasteiger partial charge < -0.3 is 19.5 Å². The molecule has 0 aliphatic carbocycles. The van der Waals surface area contributed by atoms with Crippen molar-refractivity contribution in [3.8, 4) is 11.5 Å². The minimum atomic E-state index is -0.959. The SMILES string of the molecule is CCN1C(=O)C[C@@H](C(=O)O)[C@@H]1c1ccc(OC)c(OC)c1. The minimum absolute atomic E-state index is 0.0299. The molecule has 0 unspecified atom stereocenters. The number of rotatable bonds is 5. The first-order valence-corrected chi connectivity index (χ1v) is 6.77. The van der Waals surface area contributed by atoms with Crippen LogP contribution in [0.4, 0.5) is 0 Å². The standard InChI is InChI=1S/C15H19NO5/c1-4-16-13(17)8-10(15(18)19)14(16)9-5-6-11(20-2)12(7-9)21-3/h5-7,10,14H,4,8H2,1-3H3,(H,18,19)/t10-,14+/m1/s1. The molecule has 0 bridgehead atoms. The van der Waals surface area contributed by atoms with Gasteiger partial charge in [-0.05, 0) is 24.6 Å². The van der Waals surface area contributed by atoms with Crippen LogP contribution in [0.25, 0.3) is 0 Å². The Morgan fingerprint density at radius 1 is 1.33 bits per heavy atom. The molecular weight excluding hydrogens is 274 g/mol. The highest BCUT2D eigenvalue weighted by Gasteiger charge is 2.44. The van der Waals surface area contributed by atoms with E-state index in [1.807, 2.05) is 6.92 Å². The molecule has 1 aromatic carbocycles. The van der Waals surface area contributed by atoms with Crippen LogP contribution in [0.3, 0.4) is 0 Å². The van der Waals surface area contributed by atoms with Crippen molar-refractivity contribution in [3.05, 3.63) is 23.8 Å². The fourth-order valence-electron chi connectivity index (χ4n) is 2.83. The molecule has 1 heterocycles. The van der Waals surface area contributed by atoms with Gasteiger partial charge in [-0.2, -0.15) is 0 Å². The monoisotopic (exact) mass is 293 g/mol. The van der Waals surface area contributed by atoms with Crippen molar-refractivity contribution >= 4 is 11.9 Å². The van der Waals surface area contributed by atoms with E-state index in [9.17, 15) is 14.7 Å². The van der Waals surface area contributed by atoms with Gasteiger partial charge in [0.15, 0.2) is 11.5 Å². The van der Waals surface area contributed by atoms with E-state index in [2.05, 4.69) is 0 Å². The van der Waals surface area contributed by atoms with Gasteiger partial charge in [0.25, 0.3) is 0 Å². The molecule has 21 heavy (non-hydrogen) atoms. The van der Waals surface area contributed by atoms with Crippen molar-refractivity contribution in [2.75, 3.05) is 20.8 Å². The molecule has 1 amide bonds. The Labute approximate surface area is 123 Å². The lowest BCUT2D eigenvalue weighted by atomic mass is 9.93. The van der Waals surface area contributed by atoms with E-state index >= 15 is 0 Å². The zero-order chi connectivity index (χ0) is 15.6. The average molecular weight is 293 g/mol. The smallest absolute Gasteiger partial charge is 0.309 e. The highest BCUT2D eigenvalue weighted by atomic mass is 16.5. The molecule has 1 saturated heterocycles. The van der Waals surface area contributed by atoms with Gasteiger partial charge in [0.2, 0.25) is 5.91 Å². The Kier molecular flexibility index (Phi) is 4.35. The number of hydrogen-bond donors (Lipinski definition) is 1. The predicted molar refractivity (Wildman–Crippen MR) is 75.4 cm³/mol. The van der Waals surface area contributed by atoms with Gasteiger partial charge in [0, 0.05) is 13.0 Å². The summed E-state index contributed by atoms with van der Waals surface area (Å²) in [6.45, 7) is 2.32. The molecule has 6 nitrogen and oxygen atoms in total. The molecule has 0 radical (unpaired) electrons. The largest absolute Gasteiger partial charge is 0.493 e. The Balaban J connectivity index is 2.45. The molecular formula is C15H19NO5. The average Bonchev–Trinajstić information content (AvgIpc) is 2.83. The summed E-state index contributed by atoms with van der Waals surface area (Å²) in [5.74, 6) is -0.741. The number of carboxylic acid groups (broad SMARTS) is 1. The fourth-order valence-corrected chi connectivity index (χ4v) is 2.83. The van der Waals surface area contributed by atoms with E-state index in [1.165, 1.54) is 14.2 Å². The van der Waals surface area contributed by atoms with Crippen LogP contribution in [0, 0.1) is 5.92 Å². The Hall–Kier alpha value is -2.24. The lowest BCUT2D eigenvalue weighted by molar-refractivity contribution is -0.142. The molecule has 0 saturated carbocycles. The van der Waals surface area contributed by atoms with Crippen molar-refractivity contribution in [2.24, 2.45) is 5.92 Å². The Morgan fingerprint density at radius 2 is 2.00 bits per heavy atom. The van der Waals surface area contributed by atoms with Gasteiger partial charge >= 0.3 is 5.97 Å². The lowest BCUT2D eigenvalue weighted by Crippen LogP contribution is -2.30. The van der Waals surface area contributed by atoms with Gasteiger partial charge in [0.1, 0.15) is 0 Å². The summed E-state index contributed by atoms with van der Waals surface area (Å²) in [5.41, 5.74) is 0.743. The number of benzene rings is 1. The molecule has 114 valence electrons. The Bertz CT molecular complexity index is 557. The number of likely N-dealkylation sites (tertiary alicyclic amines) is 1. The summed E-state index contributed by atoms with van der Waals surface area (Å²) >= 11 is 0. The zero-order valence-corrected chi connectivity index (χ0v) is 12.3. The van der Waals surface area contributed by atoms with Crippen LogP contribution in [0.15, 0.2) is 18.2 Å². The number of nitrogens with zero attached hydrogens (tertiary/aromatic N) is 1. The number of aliphatic carboxylic acids is 1. The summed E-state index contributed by atoms with van der Waals surface area (Å²) in [5, 5.41) is 9.37. The van der Waals surface area contributed by atoms with E-state index in [0.717, 1.165) is 5.56 Å². The van der Waals surface area contributed by atoms with Crippen molar-refractivity contribution in [3.63, 3.8) is 0 Å². The van der Waals surface area contributed by atoms with Gasteiger partial charge in [-0.3, -0.25) is 9.59 Å². The van der Waals surface area contributed by atoms with Gasteiger partial charge in [-0.1, -0.05) is 6.07 Å². The molecule has 1 aromatic rings. The van der Waals surface area contributed by atoms with Gasteiger partial charge in [0.05, 0.1) is 26.2 Å². The number of carbonyl (C=O) groups excluding carboxylic acids is 1. The number of methoxy groups -OCH3 is 2. The van der Waals surface area contributed by atoms with E-state index in [4.69, 9.17) is 9.47 Å². The Morgan fingerprint density at radius 3 is 2.52 bits per heavy atom. The van der Waals surface area contributed by atoms with Gasteiger partial charge in [-0.25, -0.2) is 0 Å². The van der Waals surface area contributed by atoms with Crippen molar-refractivity contribution in [1.82, 2.24) is 4.90 Å². The molecule has 2 rings (SSSR count). The fraction of sp³-hybridized carbons (Fsp3) is 0.467. The molecule has 1 fully saturated rings. The van der Waals surface area contributed by atoms with Crippen LogP contribution < -0.4 is 9.47 Å². The molecule has 1 N–H and O–H groups in total. The maximum atomic E-state index is 12.0. The second kappa shape index (κ2) is 6.03. The van der Waals surface area contributed by atoms with Crippen molar-refractivity contribution in [1.29, 1.82) is 0 Å². The molecule has 1 aliphatic heterocycles. The van der Waals surface area contributed by atoms with E-state index in [0.29, 0.717) is 18.0 Å². The summed E-state index contributed by atoms with van der Waals surface area (Å²) < 4.78 is 10.4. The maximum absolute atomic E-state index is 12.0. The first-order valence-electron chi connectivity index (χ1n) is 6.77. The first-order chi connectivity index (χ1) is 10.0. The highest BCUT2D eigenvalue weighted by Crippen LogP contribution is 2.40. The topological polar surface area (TPSA) is 76.1 Å². The van der Waals surface area contributed by atoms with Crippen LogP contribution >= 0.6 is 0 Å². The highest BCUT2D eigenvalue weighted by molar-refractivity contribution is 5.87. The maximum Gasteiger partial charge on any atom is 0.309 e. The van der Waals surface area contributed by atoms with Crippen molar-refractivity contribution in [2.45, 2.75) is 19.4 Å². The summed E-state index contributed by atoms with van der Waals surface area (Å²) in [6.07, 6.45) is 0.0299. The number of hydrogen-bond acceptors (Lipinski definition) is 4. The predicted octanol–water partition coefficient (Wildman–Crippen LogP) is 1.70. The minimum Gasteiger partial charge on any atom is -0.493 e. The van der Waals surface area contributed by atoms with Crippen LogP contribution in [0.1, 0.15) is 24.9 Å². The third-order valence-corrected chi connectivity index (χ3v) is 3.84. The third kappa shape index (κ3) is 2.66. The summed E-state index contributed by atoms with van der Waals surface area (Å²) in [4.78, 5) is 25.0. The van der Waals surface area contributed by atoms with E-state index < -0.39 is 17.9 Å².